The molecule has 0 amide bonds. The third-order valence-corrected chi connectivity index (χ3v) is 5.33. The fourth-order valence-corrected chi connectivity index (χ4v) is 4.10. The minimum atomic E-state index is 0.213. The molecule has 2 aliphatic rings. The Morgan fingerprint density at radius 2 is 1.70 bits per heavy atom. The van der Waals surface area contributed by atoms with Crippen molar-refractivity contribution in [2.24, 2.45) is 11.7 Å². The lowest BCUT2D eigenvalue weighted by Crippen LogP contribution is -2.35. The van der Waals surface area contributed by atoms with Crippen LogP contribution in [0, 0.1) is 5.92 Å². The van der Waals surface area contributed by atoms with Gasteiger partial charge in [-0.15, -0.1) is 0 Å². The quantitative estimate of drug-likeness (QED) is 0.814. The van der Waals surface area contributed by atoms with Crippen LogP contribution in [0.3, 0.4) is 0 Å². The van der Waals surface area contributed by atoms with Crippen LogP contribution in [0.4, 0.5) is 0 Å². The Bertz CT molecular complexity index is 435. The third kappa shape index (κ3) is 2.91. The molecule has 1 fully saturated rings. The predicted molar refractivity (Wildman–Crippen MR) is 84.5 cm³/mol. The van der Waals surface area contributed by atoms with Gasteiger partial charge in [0, 0.05) is 18.1 Å². The van der Waals surface area contributed by atoms with Gasteiger partial charge >= 0.3 is 0 Å². The van der Waals surface area contributed by atoms with Crippen LogP contribution in [0.1, 0.15) is 75.1 Å². The number of fused-ring (bicyclic) bond motifs is 1. The topological polar surface area (TPSA) is 38.0 Å². The van der Waals surface area contributed by atoms with Gasteiger partial charge < -0.3 is 11.1 Å². The van der Waals surface area contributed by atoms with Crippen LogP contribution in [0.25, 0.3) is 0 Å². The molecule has 0 aromatic heterocycles. The molecule has 2 heteroatoms. The molecule has 0 bridgehead atoms. The first kappa shape index (κ1) is 14.1. The first-order valence-corrected chi connectivity index (χ1v) is 8.36. The average Bonchev–Trinajstić information content (AvgIpc) is 2.67. The van der Waals surface area contributed by atoms with Crippen LogP contribution in [-0.2, 0) is 0 Å². The van der Waals surface area contributed by atoms with Crippen LogP contribution >= 0.6 is 0 Å². The van der Waals surface area contributed by atoms with Crippen molar-refractivity contribution in [2.75, 3.05) is 0 Å². The van der Waals surface area contributed by atoms with Gasteiger partial charge in [0.1, 0.15) is 0 Å². The van der Waals surface area contributed by atoms with E-state index in [-0.39, 0.29) is 6.04 Å². The van der Waals surface area contributed by atoms with Crippen molar-refractivity contribution >= 4 is 0 Å². The monoisotopic (exact) mass is 272 g/mol. The van der Waals surface area contributed by atoms with Crippen molar-refractivity contribution in [1.82, 2.24) is 5.32 Å². The van der Waals surface area contributed by atoms with E-state index in [0.717, 1.165) is 12.3 Å². The first-order valence-electron chi connectivity index (χ1n) is 8.36. The summed E-state index contributed by atoms with van der Waals surface area (Å²) in [7, 11) is 0. The van der Waals surface area contributed by atoms with Crippen molar-refractivity contribution in [3.05, 3.63) is 35.4 Å². The molecule has 3 atom stereocenters. The second-order valence-corrected chi connectivity index (χ2v) is 6.73. The molecule has 0 heterocycles. The van der Waals surface area contributed by atoms with Crippen molar-refractivity contribution in [1.29, 1.82) is 0 Å². The summed E-state index contributed by atoms with van der Waals surface area (Å²) in [5.74, 6) is 0.849. The Balaban J connectivity index is 1.66. The minimum absolute atomic E-state index is 0.213. The molecule has 2 unspecified atom stereocenters. The molecule has 20 heavy (non-hydrogen) atoms. The summed E-state index contributed by atoms with van der Waals surface area (Å²) in [5.41, 5.74) is 9.05. The fourth-order valence-electron chi connectivity index (χ4n) is 4.10. The molecule has 3 rings (SSSR count). The molecular weight excluding hydrogens is 244 g/mol. The highest BCUT2D eigenvalue weighted by Crippen LogP contribution is 2.38. The van der Waals surface area contributed by atoms with Gasteiger partial charge in [-0.05, 0) is 43.2 Å². The number of hydrogen-bond acceptors (Lipinski definition) is 2. The molecule has 110 valence electrons. The molecule has 2 aliphatic carbocycles. The highest BCUT2D eigenvalue weighted by molar-refractivity contribution is 5.37. The molecule has 3 N–H and O–H groups in total. The lowest BCUT2D eigenvalue weighted by molar-refractivity contribution is 0.305. The van der Waals surface area contributed by atoms with Gasteiger partial charge in [0.25, 0.3) is 0 Å². The first-order chi connectivity index (χ1) is 9.75. The third-order valence-electron chi connectivity index (χ3n) is 5.33. The lowest BCUT2D eigenvalue weighted by atomic mass is 9.92. The van der Waals surface area contributed by atoms with Gasteiger partial charge in [-0.1, -0.05) is 49.9 Å². The van der Waals surface area contributed by atoms with E-state index in [1.165, 1.54) is 49.7 Å². The van der Waals surface area contributed by atoms with Crippen LogP contribution in [0.2, 0.25) is 0 Å². The van der Waals surface area contributed by atoms with E-state index in [4.69, 9.17) is 5.73 Å². The van der Waals surface area contributed by atoms with Gasteiger partial charge in [-0.2, -0.15) is 0 Å². The molecule has 0 saturated heterocycles. The van der Waals surface area contributed by atoms with E-state index in [2.05, 4.69) is 36.5 Å². The molecular formula is C18H28N2. The zero-order chi connectivity index (χ0) is 13.9. The molecule has 0 radical (unpaired) electrons. The largest absolute Gasteiger partial charge is 0.324 e. The highest BCUT2D eigenvalue weighted by Gasteiger charge is 2.30. The number of rotatable bonds is 3. The van der Waals surface area contributed by atoms with Gasteiger partial charge in [0.05, 0.1) is 0 Å². The summed E-state index contributed by atoms with van der Waals surface area (Å²) in [4.78, 5) is 0. The number of benzene rings is 1. The zero-order valence-corrected chi connectivity index (χ0v) is 12.6. The van der Waals surface area contributed by atoms with E-state index >= 15 is 0 Å². The molecule has 1 aromatic rings. The van der Waals surface area contributed by atoms with E-state index in [1.807, 2.05) is 0 Å². The Kier molecular flexibility index (Phi) is 4.42. The molecule has 0 spiro atoms. The van der Waals surface area contributed by atoms with Crippen LogP contribution in [0.15, 0.2) is 24.3 Å². The Hall–Kier alpha value is -0.860. The van der Waals surface area contributed by atoms with Gasteiger partial charge in [0.2, 0.25) is 0 Å². The predicted octanol–water partition coefficient (Wildman–Crippen LogP) is 4.08. The van der Waals surface area contributed by atoms with Crippen molar-refractivity contribution in [3.63, 3.8) is 0 Å². The Labute approximate surface area is 123 Å². The van der Waals surface area contributed by atoms with Gasteiger partial charge in [-0.3, -0.25) is 0 Å². The number of nitrogens with one attached hydrogen (secondary N) is 1. The van der Waals surface area contributed by atoms with Crippen LogP contribution in [0.5, 0.6) is 0 Å². The van der Waals surface area contributed by atoms with Crippen LogP contribution in [-0.4, -0.2) is 6.04 Å². The number of hydrogen-bond donors (Lipinski definition) is 2. The SMILES string of the molecule is C[C@@H](NC1CC(N)c2ccccc21)C1CCCCCC1. The summed E-state index contributed by atoms with van der Waals surface area (Å²) < 4.78 is 0. The summed E-state index contributed by atoms with van der Waals surface area (Å²) in [6.45, 7) is 2.38. The second kappa shape index (κ2) is 6.28. The molecule has 2 nitrogen and oxygen atoms in total. The van der Waals surface area contributed by atoms with Crippen LogP contribution < -0.4 is 11.1 Å². The van der Waals surface area contributed by atoms with Crippen molar-refractivity contribution in [2.45, 2.75) is 70.0 Å². The normalized spacial score (nSPS) is 28.9. The Morgan fingerprint density at radius 1 is 1.05 bits per heavy atom. The second-order valence-electron chi connectivity index (χ2n) is 6.73. The molecule has 1 aromatic carbocycles. The van der Waals surface area contributed by atoms with Crippen molar-refractivity contribution in [3.8, 4) is 0 Å². The Morgan fingerprint density at radius 3 is 2.40 bits per heavy atom. The fraction of sp³-hybridized carbons (Fsp3) is 0.667. The molecule has 1 saturated carbocycles. The van der Waals surface area contributed by atoms with Crippen molar-refractivity contribution < 1.29 is 0 Å². The van der Waals surface area contributed by atoms with E-state index in [0.29, 0.717) is 12.1 Å². The maximum absolute atomic E-state index is 6.28. The van der Waals surface area contributed by atoms with E-state index < -0.39 is 0 Å². The van der Waals surface area contributed by atoms with Gasteiger partial charge in [-0.25, -0.2) is 0 Å². The summed E-state index contributed by atoms with van der Waals surface area (Å²) in [5, 5.41) is 3.88. The maximum atomic E-state index is 6.28. The minimum Gasteiger partial charge on any atom is -0.324 e. The average molecular weight is 272 g/mol. The molecule has 0 aliphatic heterocycles. The zero-order valence-electron chi connectivity index (χ0n) is 12.6. The summed E-state index contributed by atoms with van der Waals surface area (Å²) >= 11 is 0. The standard InChI is InChI=1S/C18H28N2/c1-13(14-8-4-2-3-5-9-14)20-18-12-17(19)15-10-6-7-11-16(15)18/h6-7,10-11,13-14,17-18,20H,2-5,8-9,12,19H2,1H3/t13-,17?,18?/m1/s1. The summed E-state index contributed by atoms with van der Waals surface area (Å²) in [6, 6.07) is 9.97. The lowest BCUT2D eigenvalue weighted by Gasteiger charge is -2.27. The summed E-state index contributed by atoms with van der Waals surface area (Å²) in [6.07, 6.45) is 9.54. The van der Waals surface area contributed by atoms with E-state index in [9.17, 15) is 0 Å². The maximum Gasteiger partial charge on any atom is 0.0344 e. The van der Waals surface area contributed by atoms with E-state index in [1.54, 1.807) is 0 Å². The highest BCUT2D eigenvalue weighted by atomic mass is 15.0. The number of nitrogens with two attached hydrogens (primary N) is 1. The smallest absolute Gasteiger partial charge is 0.0344 e. The van der Waals surface area contributed by atoms with Gasteiger partial charge in [0.15, 0.2) is 0 Å².